The van der Waals surface area contributed by atoms with E-state index in [2.05, 4.69) is 47.1 Å². The average Bonchev–Trinajstić information content (AvgIpc) is 2.54. The third-order valence-electron chi connectivity index (χ3n) is 3.77. The van der Waals surface area contributed by atoms with Gasteiger partial charge in [-0.1, -0.05) is 56.5 Å². The van der Waals surface area contributed by atoms with Crippen molar-refractivity contribution in [3.63, 3.8) is 0 Å². The van der Waals surface area contributed by atoms with Gasteiger partial charge in [0.2, 0.25) is 0 Å². The number of benzene rings is 2. The zero-order valence-electron chi connectivity index (χ0n) is 13.8. The molecule has 0 unspecified atom stereocenters. The Balaban J connectivity index is 2.26. The third-order valence-corrected chi connectivity index (χ3v) is 5.45. The van der Waals surface area contributed by atoms with Gasteiger partial charge in [-0.2, -0.15) is 0 Å². The van der Waals surface area contributed by atoms with Gasteiger partial charge in [0.25, 0.3) is 0 Å². The van der Waals surface area contributed by atoms with Gasteiger partial charge in [-0.25, -0.2) is 0 Å². The van der Waals surface area contributed by atoms with Crippen LogP contribution in [0.2, 0.25) is 0 Å². The zero-order valence-corrected chi connectivity index (χ0v) is 16.2. The Labute approximate surface area is 152 Å². The molecular weight excluding hydrogens is 368 g/mol. The highest BCUT2D eigenvalue weighted by Gasteiger charge is 2.15. The van der Waals surface area contributed by atoms with Crippen LogP contribution >= 0.6 is 27.7 Å². The third kappa shape index (κ3) is 5.22. The lowest BCUT2D eigenvalue weighted by molar-refractivity contribution is 0.101. The topological polar surface area (TPSA) is 17.1 Å². The van der Waals surface area contributed by atoms with Gasteiger partial charge in [0, 0.05) is 14.9 Å². The van der Waals surface area contributed by atoms with E-state index in [0.717, 1.165) is 26.9 Å². The minimum atomic E-state index is 0.0928. The molecule has 0 spiro atoms. The zero-order chi connectivity index (χ0) is 16.7. The Morgan fingerprint density at radius 3 is 2.48 bits per heavy atom. The molecule has 0 aliphatic rings. The van der Waals surface area contributed by atoms with Gasteiger partial charge in [-0.3, -0.25) is 4.79 Å². The van der Waals surface area contributed by atoms with Crippen LogP contribution in [-0.2, 0) is 0 Å². The summed E-state index contributed by atoms with van der Waals surface area (Å²) in [7, 11) is 0. The van der Waals surface area contributed by atoms with Crippen LogP contribution in [0.15, 0.2) is 51.8 Å². The number of rotatable bonds is 8. The van der Waals surface area contributed by atoms with Crippen LogP contribution in [0.5, 0.6) is 0 Å². The second-order valence-corrected chi connectivity index (χ2v) is 7.68. The number of thioether (sulfide) groups is 1. The lowest BCUT2D eigenvalue weighted by Gasteiger charge is -2.12. The summed E-state index contributed by atoms with van der Waals surface area (Å²) in [4.78, 5) is 13.3. The number of unbranched alkanes of at least 4 members (excludes halogenated alkanes) is 3. The molecule has 2 rings (SSSR count). The Morgan fingerprint density at radius 1 is 1.09 bits per heavy atom. The summed E-state index contributed by atoms with van der Waals surface area (Å²) in [6, 6.07) is 14.4. The highest BCUT2D eigenvalue weighted by atomic mass is 79.9. The molecule has 0 saturated carbocycles. The van der Waals surface area contributed by atoms with Gasteiger partial charge in [0.1, 0.15) is 0 Å². The molecule has 2 aromatic rings. The second kappa shape index (κ2) is 9.29. The van der Waals surface area contributed by atoms with Crippen LogP contribution in [0.3, 0.4) is 0 Å². The van der Waals surface area contributed by atoms with E-state index >= 15 is 0 Å². The normalized spacial score (nSPS) is 10.7. The lowest BCUT2D eigenvalue weighted by atomic mass is 9.97. The smallest absolute Gasteiger partial charge is 0.161 e. The summed E-state index contributed by atoms with van der Waals surface area (Å²) in [5.74, 6) is 1.22. The molecule has 3 heteroatoms. The summed E-state index contributed by atoms with van der Waals surface area (Å²) in [6.45, 7) is 3.86. The van der Waals surface area contributed by atoms with E-state index in [0.29, 0.717) is 0 Å². The number of halogens is 1. The molecule has 122 valence electrons. The van der Waals surface area contributed by atoms with Crippen LogP contribution in [-0.4, -0.2) is 11.5 Å². The first kappa shape index (κ1) is 18.3. The highest BCUT2D eigenvalue weighted by Crippen LogP contribution is 2.35. The van der Waals surface area contributed by atoms with E-state index in [-0.39, 0.29) is 5.78 Å². The van der Waals surface area contributed by atoms with Crippen LogP contribution in [0.1, 0.15) is 49.9 Å². The Kier molecular flexibility index (Phi) is 7.38. The van der Waals surface area contributed by atoms with Crippen molar-refractivity contribution in [2.75, 3.05) is 5.75 Å². The summed E-state index contributed by atoms with van der Waals surface area (Å²) in [6.07, 6.45) is 5.11. The summed E-state index contributed by atoms with van der Waals surface area (Å²) >= 11 is 5.47. The lowest BCUT2D eigenvalue weighted by Crippen LogP contribution is -1.99. The number of hydrogen-bond donors (Lipinski definition) is 0. The molecule has 2 aromatic carbocycles. The maximum Gasteiger partial charge on any atom is 0.161 e. The van der Waals surface area contributed by atoms with E-state index in [1.165, 1.54) is 30.6 Å². The van der Waals surface area contributed by atoms with E-state index in [1.807, 2.05) is 30.0 Å². The van der Waals surface area contributed by atoms with Crippen molar-refractivity contribution in [2.24, 2.45) is 0 Å². The molecule has 0 bridgehead atoms. The molecule has 0 atom stereocenters. The van der Waals surface area contributed by atoms with Crippen molar-refractivity contribution in [1.82, 2.24) is 0 Å². The van der Waals surface area contributed by atoms with Gasteiger partial charge in [-0.15, -0.1) is 11.8 Å². The summed E-state index contributed by atoms with van der Waals surface area (Å²) < 4.78 is 0.891. The molecule has 0 N–H and O–H groups in total. The molecular formula is C20H23BrOS. The van der Waals surface area contributed by atoms with Gasteiger partial charge in [0.15, 0.2) is 5.78 Å². The first-order valence-corrected chi connectivity index (χ1v) is 9.94. The van der Waals surface area contributed by atoms with Gasteiger partial charge >= 0.3 is 0 Å². The predicted octanol–water partition coefficient (Wildman–Crippen LogP) is 6.99. The van der Waals surface area contributed by atoms with Crippen molar-refractivity contribution in [2.45, 2.75) is 44.4 Å². The van der Waals surface area contributed by atoms with Gasteiger partial charge in [-0.05, 0) is 58.3 Å². The quantitative estimate of drug-likeness (QED) is 0.274. The van der Waals surface area contributed by atoms with Crippen LogP contribution in [0.25, 0.3) is 11.1 Å². The fourth-order valence-corrected chi connectivity index (χ4v) is 4.46. The molecule has 0 amide bonds. The fourth-order valence-electron chi connectivity index (χ4n) is 2.59. The minimum absolute atomic E-state index is 0.0928. The monoisotopic (exact) mass is 390 g/mol. The van der Waals surface area contributed by atoms with Gasteiger partial charge in [0.05, 0.1) is 0 Å². The highest BCUT2D eigenvalue weighted by molar-refractivity contribution is 9.10. The number of carbonyl (C=O) groups excluding carboxylic acids is 1. The number of Topliss-reactive ketones (excluding diaryl/α,β-unsaturated/α-hetero) is 1. The first-order chi connectivity index (χ1) is 11.1. The van der Waals surface area contributed by atoms with Crippen LogP contribution in [0, 0.1) is 0 Å². The second-order valence-electron chi connectivity index (χ2n) is 5.66. The number of ketones is 1. The molecule has 0 radical (unpaired) electrons. The van der Waals surface area contributed by atoms with Gasteiger partial charge < -0.3 is 0 Å². The van der Waals surface area contributed by atoms with Crippen molar-refractivity contribution in [3.05, 3.63) is 52.5 Å². The molecule has 1 nitrogen and oxygen atoms in total. The van der Waals surface area contributed by atoms with Crippen molar-refractivity contribution in [3.8, 4) is 11.1 Å². The number of carbonyl (C=O) groups is 1. The Morgan fingerprint density at radius 2 is 1.83 bits per heavy atom. The standard InChI is InChI=1S/C20H23BrOS/c1-3-4-5-9-12-23-17-13-18(16-10-7-6-8-11-16)20(15(2)22)19(21)14-17/h6-8,10-11,13-14H,3-5,9,12H2,1-2H3. The van der Waals surface area contributed by atoms with Crippen molar-refractivity contribution < 1.29 is 4.79 Å². The fraction of sp³-hybridized carbons (Fsp3) is 0.350. The van der Waals surface area contributed by atoms with Crippen molar-refractivity contribution >= 4 is 33.5 Å². The Bertz CT molecular complexity index is 652. The molecule has 0 heterocycles. The maximum atomic E-state index is 12.1. The maximum absolute atomic E-state index is 12.1. The molecule has 0 aromatic heterocycles. The average molecular weight is 391 g/mol. The van der Waals surface area contributed by atoms with Crippen LogP contribution < -0.4 is 0 Å². The summed E-state index contributed by atoms with van der Waals surface area (Å²) in [5.41, 5.74) is 2.88. The van der Waals surface area contributed by atoms with Crippen molar-refractivity contribution in [1.29, 1.82) is 0 Å². The number of hydrogen-bond acceptors (Lipinski definition) is 2. The molecule has 0 fully saturated rings. The molecule has 0 aliphatic heterocycles. The van der Waals surface area contributed by atoms with E-state index in [9.17, 15) is 4.79 Å². The molecule has 0 saturated heterocycles. The van der Waals surface area contributed by atoms with E-state index < -0.39 is 0 Å². The largest absolute Gasteiger partial charge is 0.294 e. The molecule has 0 aliphatic carbocycles. The SMILES string of the molecule is CCCCCCSc1cc(Br)c(C(C)=O)c(-c2ccccc2)c1. The molecule has 23 heavy (non-hydrogen) atoms. The first-order valence-electron chi connectivity index (χ1n) is 8.16. The van der Waals surface area contributed by atoms with E-state index in [4.69, 9.17) is 0 Å². The summed E-state index contributed by atoms with van der Waals surface area (Å²) in [5, 5.41) is 0. The minimum Gasteiger partial charge on any atom is -0.294 e. The van der Waals surface area contributed by atoms with Crippen LogP contribution in [0.4, 0.5) is 0 Å². The van der Waals surface area contributed by atoms with E-state index in [1.54, 1.807) is 6.92 Å². The Hall–Kier alpha value is -1.06. The predicted molar refractivity (Wildman–Crippen MR) is 104 cm³/mol.